The molecule has 0 aliphatic heterocycles. The first-order valence-corrected chi connectivity index (χ1v) is 7.24. The predicted molar refractivity (Wildman–Crippen MR) is 68.3 cm³/mol. The lowest BCUT2D eigenvalue weighted by Gasteiger charge is -2.27. The van der Waals surface area contributed by atoms with Gasteiger partial charge in [0.25, 0.3) is 0 Å². The normalized spacial score (nSPS) is 39.8. The number of hydrogen-bond donors (Lipinski definition) is 1. The molecule has 0 heterocycles. The van der Waals surface area contributed by atoms with Crippen molar-refractivity contribution in [2.45, 2.75) is 57.4 Å². The van der Waals surface area contributed by atoms with E-state index in [0.717, 1.165) is 17.8 Å². The minimum atomic E-state index is 0.714. The van der Waals surface area contributed by atoms with Crippen LogP contribution in [0.2, 0.25) is 0 Å². The molecule has 0 amide bonds. The van der Waals surface area contributed by atoms with E-state index in [4.69, 9.17) is 0 Å². The highest BCUT2D eigenvalue weighted by atomic mass is 14.9. The summed E-state index contributed by atoms with van der Waals surface area (Å²) >= 11 is 0. The van der Waals surface area contributed by atoms with Crippen LogP contribution in [0.15, 0.2) is 11.6 Å². The van der Waals surface area contributed by atoms with E-state index in [9.17, 15) is 0 Å². The molecule has 0 spiro atoms. The van der Waals surface area contributed by atoms with Crippen LogP contribution >= 0.6 is 0 Å². The van der Waals surface area contributed by atoms with Gasteiger partial charge in [0.1, 0.15) is 0 Å². The molecular formula is C15H25N. The summed E-state index contributed by atoms with van der Waals surface area (Å²) in [4.78, 5) is 0. The van der Waals surface area contributed by atoms with E-state index >= 15 is 0 Å². The number of fused-ring (bicyclic) bond motifs is 1. The molecule has 16 heavy (non-hydrogen) atoms. The first kappa shape index (κ1) is 10.8. The monoisotopic (exact) mass is 219 g/mol. The standard InChI is InChI=1S/C15H25N/c1-16-15(11-6-4-2-3-5-7-11)14-9-12-8-13(12)10-14/h6,12-16H,2-5,7-10H2,1H3. The van der Waals surface area contributed by atoms with Crippen molar-refractivity contribution in [2.75, 3.05) is 7.05 Å². The van der Waals surface area contributed by atoms with Gasteiger partial charge in [-0.25, -0.2) is 0 Å². The number of hydrogen-bond acceptors (Lipinski definition) is 1. The van der Waals surface area contributed by atoms with Crippen LogP contribution in [0.4, 0.5) is 0 Å². The van der Waals surface area contributed by atoms with E-state index in [2.05, 4.69) is 18.4 Å². The SMILES string of the molecule is CNC(C1=CCCCCC1)C1CC2CC2C1. The Hall–Kier alpha value is -0.300. The summed E-state index contributed by atoms with van der Waals surface area (Å²) in [5.74, 6) is 3.19. The van der Waals surface area contributed by atoms with Gasteiger partial charge in [-0.15, -0.1) is 0 Å². The second-order valence-electron chi connectivity index (χ2n) is 6.13. The smallest absolute Gasteiger partial charge is 0.0305 e. The molecule has 1 heteroatoms. The minimum absolute atomic E-state index is 0.714. The van der Waals surface area contributed by atoms with Crippen LogP contribution in [0, 0.1) is 17.8 Å². The van der Waals surface area contributed by atoms with Crippen LogP contribution in [0.25, 0.3) is 0 Å². The Kier molecular flexibility index (Phi) is 3.06. The van der Waals surface area contributed by atoms with Gasteiger partial charge in [-0.05, 0) is 69.7 Å². The van der Waals surface area contributed by atoms with Gasteiger partial charge < -0.3 is 5.32 Å². The zero-order valence-electron chi connectivity index (χ0n) is 10.5. The van der Waals surface area contributed by atoms with Gasteiger partial charge in [0.15, 0.2) is 0 Å². The summed E-state index contributed by atoms with van der Waals surface area (Å²) in [6, 6.07) is 0.714. The third-order valence-corrected chi connectivity index (χ3v) is 5.04. The molecule has 1 N–H and O–H groups in total. The van der Waals surface area contributed by atoms with Crippen LogP contribution in [0.5, 0.6) is 0 Å². The Morgan fingerprint density at radius 2 is 1.94 bits per heavy atom. The van der Waals surface area contributed by atoms with Gasteiger partial charge in [0.05, 0.1) is 0 Å². The zero-order chi connectivity index (χ0) is 11.0. The van der Waals surface area contributed by atoms with Crippen molar-refractivity contribution in [1.82, 2.24) is 5.32 Å². The van der Waals surface area contributed by atoms with Gasteiger partial charge in [-0.3, -0.25) is 0 Å². The van der Waals surface area contributed by atoms with Gasteiger partial charge >= 0.3 is 0 Å². The molecule has 0 radical (unpaired) electrons. The summed E-state index contributed by atoms with van der Waals surface area (Å²) in [6.45, 7) is 0. The summed E-state index contributed by atoms with van der Waals surface area (Å²) < 4.78 is 0. The molecule has 3 aliphatic rings. The number of rotatable bonds is 3. The Morgan fingerprint density at radius 1 is 1.12 bits per heavy atom. The third-order valence-electron chi connectivity index (χ3n) is 5.04. The Morgan fingerprint density at radius 3 is 2.69 bits per heavy atom. The second-order valence-corrected chi connectivity index (χ2v) is 6.13. The van der Waals surface area contributed by atoms with E-state index < -0.39 is 0 Å². The molecule has 3 atom stereocenters. The van der Waals surface area contributed by atoms with Gasteiger partial charge in [-0.2, -0.15) is 0 Å². The summed E-state index contributed by atoms with van der Waals surface area (Å²) in [6.07, 6.45) is 14.1. The summed E-state index contributed by atoms with van der Waals surface area (Å²) in [5, 5.41) is 3.61. The van der Waals surface area contributed by atoms with Crippen molar-refractivity contribution >= 4 is 0 Å². The molecule has 90 valence electrons. The lowest BCUT2D eigenvalue weighted by atomic mass is 9.87. The first-order valence-electron chi connectivity index (χ1n) is 7.24. The summed E-state index contributed by atoms with van der Waals surface area (Å²) in [7, 11) is 2.17. The maximum absolute atomic E-state index is 3.61. The molecule has 2 fully saturated rings. The Bertz CT molecular complexity index is 271. The number of likely N-dealkylation sites (N-methyl/N-ethyl adjacent to an activating group) is 1. The number of allylic oxidation sites excluding steroid dienone is 1. The Labute approximate surface area is 99.7 Å². The van der Waals surface area contributed by atoms with Crippen molar-refractivity contribution in [3.63, 3.8) is 0 Å². The second kappa shape index (κ2) is 4.52. The van der Waals surface area contributed by atoms with Crippen molar-refractivity contribution in [1.29, 1.82) is 0 Å². The van der Waals surface area contributed by atoms with Crippen molar-refractivity contribution in [3.8, 4) is 0 Å². The van der Waals surface area contributed by atoms with Crippen LogP contribution in [0.3, 0.4) is 0 Å². The molecule has 3 rings (SSSR count). The highest BCUT2D eigenvalue weighted by molar-refractivity contribution is 5.16. The zero-order valence-corrected chi connectivity index (χ0v) is 10.5. The lowest BCUT2D eigenvalue weighted by molar-refractivity contribution is 0.380. The quantitative estimate of drug-likeness (QED) is 0.716. The van der Waals surface area contributed by atoms with Crippen LogP contribution in [-0.2, 0) is 0 Å². The molecule has 0 aromatic carbocycles. The third kappa shape index (κ3) is 2.07. The molecule has 0 bridgehead atoms. The van der Waals surface area contributed by atoms with Crippen molar-refractivity contribution in [2.24, 2.45) is 17.8 Å². The Balaban J connectivity index is 1.66. The topological polar surface area (TPSA) is 12.0 Å². The fourth-order valence-corrected chi connectivity index (χ4v) is 4.08. The maximum Gasteiger partial charge on any atom is 0.0305 e. The molecule has 3 aliphatic carbocycles. The van der Waals surface area contributed by atoms with Crippen molar-refractivity contribution in [3.05, 3.63) is 11.6 Å². The average Bonchev–Trinajstić information content (AvgIpc) is 2.99. The fourth-order valence-electron chi connectivity index (χ4n) is 4.08. The average molecular weight is 219 g/mol. The molecule has 2 saturated carbocycles. The number of nitrogens with one attached hydrogen (secondary N) is 1. The molecule has 3 unspecified atom stereocenters. The van der Waals surface area contributed by atoms with E-state index in [0.29, 0.717) is 6.04 Å². The highest BCUT2D eigenvalue weighted by Crippen LogP contribution is 2.55. The van der Waals surface area contributed by atoms with Gasteiger partial charge in [0.2, 0.25) is 0 Å². The van der Waals surface area contributed by atoms with Crippen LogP contribution < -0.4 is 5.32 Å². The molecule has 0 aromatic heterocycles. The minimum Gasteiger partial charge on any atom is -0.313 e. The largest absolute Gasteiger partial charge is 0.313 e. The fraction of sp³-hybridized carbons (Fsp3) is 0.867. The van der Waals surface area contributed by atoms with E-state index in [1.54, 1.807) is 12.0 Å². The van der Waals surface area contributed by atoms with Crippen LogP contribution in [0.1, 0.15) is 51.4 Å². The lowest BCUT2D eigenvalue weighted by Crippen LogP contribution is -2.34. The van der Waals surface area contributed by atoms with Crippen molar-refractivity contribution < 1.29 is 0 Å². The first-order chi connectivity index (χ1) is 7.88. The molecule has 1 nitrogen and oxygen atoms in total. The van der Waals surface area contributed by atoms with E-state index in [-0.39, 0.29) is 0 Å². The van der Waals surface area contributed by atoms with E-state index in [1.807, 2.05) is 0 Å². The molecular weight excluding hydrogens is 194 g/mol. The van der Waals surface area contributed by atoms with Gasteiger partial charge in [-0.1, -0.05) is 18.1 Å². The van der Waals surface area contributed by atoms with E-state index in [1.165, 1.54) is 44.9 Å². The molecule has 0 saturated heterocycles. The molecule has 0 aromatic rings. The van der Waals surface area contributed by atoms with Gasteiger partial charge in [0, 0.05) is 6.04 Å². The van der Waals surface area contributed by atoms with Crippen LogP contribution in [-0.4, -0.2) is 13.1 Å². The summed E-state index contributed by atoms with van der Waals surface area (Å²) in [5.41, 5.74) is 1.74. The predicted octanol–water partition coefficient (Wildman–Crippen LogP) is 3.51. The highest BCUT2D eigenvalue weighted by Gasteiger charge is 2.47. The maximum atomic E-state index is 3.61.